The second-order valence-corrected chi connectivity index (χ2v) is 4.36. The van der Waals surface area contributed by atoms with Gasteiger partial charge in [0.05, 0.1) is 0 Å². The fraction of sp³-hybridized carbons (Fsp3) is 0.429. The van der Waals surface area contributed by atoms with Crippen LogP contribution in [0.3, 0.4) is 0 Å². The third-order valence-corrected chi connectivity index (χ3v) is 2.74. The van der Waals surface area contributed by atoms with Gasteiger partial charge in [-0.15, -0.1) is 6.58 Å². The number of allylic oxidation sites excluding steroid dienone is 1. The molecule has 0 aliphatic heterocycles. The Balaban J connectivity index is 2.82. The molecule has 1 N–H and O–H groups in total. The highest BCUT2D eigenvalue weighted by Gasteiger charge is 2.13. The largest absolute Gasteiger partial charge is 0.313 e. The van der Waals surface area contributed by atoms with E-state index in [0.29, 0.717) is 0 Å². The van der Waals surface area contributed by atoms with Gasteiger partial charge in [-0.1, -0.05) is 17.7 Å². The number of hydrogen-bond acceptors (Lipinski definition) is 1. The summed E-state index contributed by atoms with van der Waals surface area (Å²) in [7, 11) is 1.86. The summed E-state index contributed by atoms with van der Waals surface area (Å²) in [6.07, 6.45) is 1.80. The van der Waals surface area contributed by atoms with Crippen molar-refractivity contribution in [3.8, 4) is 0 Å². The molecule has 1 unspecified atom stereocenters. The van der Waals surface area contributed by atoms with E-state index < -0.39 is 0 Å². The Bertz CT molecular complexity index is 371. The van der Waals surface area contributed by atoms with E-state index in [1.807, 2.05) is 33.0 Å². The van der Waals surface area contributed by atoms with E-state index >= 15 is 0 Å². The van der Waals surface area contributed by atoms with Gasteiger partial charge in [0.2, 0.25) is 0 Å². The van der Waals surface area contributed by atoms with Gasteiger partial charge in [-0.05, 0) is 45.4 Å². The SMILES string of the molecule is C=C(C)CCC(NC)c1ccc(C)cc1F. The average Bonchev–Trinajstić information content (AvgIpc) is 2.21. The third-order valence-electron chi connectivity index (χ3n) is 2.74. The standard InChI is InChI=1S/C14H20FN/c1-10(2)5-8-14(16-4)12-7-6-11(3)9-13(12)15/h6-7,9,14,16H,1,5,8H2,2-4H3. The van der Waals surface area contributed by atoms with Crippen LogP contribution in [-0.4, -0.2) is 7.05 Å². The Morgan fingerprint density at radius 1 is 1.50 bits per heavy atom. The molecule has 0 heterocycles. The fourth-order valence-corrected chi connectivity index (χ4v) is 1.76. The van der Waals surface area contributed by atoms with Crippen LogP contribution in [0.2, 0.25) is 0 Å². The van der Waals surface area contributed by atoms with Crippen LogP contribution >= 0.6 is 0 Å². The smallest absolute Gasteiger partial charge is 0.128 e. The maximum Gasteiger partial charge on any atom is 0.128 e. The Kier molecular flexibility index (Phi) is 4.69. The summed E-state index contributed by atoms with van der Waals surface area (Å²) in [6, 6.07) is 5.46. The Morgan fingerprint density at radius 3 is 2.69 bits per heavy atom. The molecule has 0 aliphatic carbocycles. The van der Waals surface area contributed by atoms with Crippen LogP contribution in [0, 0.1) is 12.7 Å². The van der Waals surface area contributed by atoms with Gasteiger partial charge in [0.15, 0.2) is 0 Å². The molecule has 0 spiro atoms. The third kappa shape index (κ3) is 3.46. The van der Waals surface area contributed by atoms with Crippen molar-refractivity contribution in [2.24, 2.45) is 0 Å². The maximum atomic E-state index is 13.7. The topological polar surface area (TPSA) is 12.0 Å². The molecule has 0 saturated heterocycles. The maximum absolute atomic E-state index is 13.7. The lowest BCUT2D eigenvalue weighted by atomic mass is 9.98. The Morgan fingerprint density at radius 2 is 2.19 bits per heavy atom. The van der Waals surface area contributed by atoms with Gasteiger partial charge in [-0.2, -0.15) is 0 Å². The van der Waals surface area contributed by atoms with Crippen molar-refractivity contribution in [2.45, 2.75) is 32.7 Å². The van der Waals surface area contributed by atoms with Gasteiger partial charge >= 0.3 is 0 Å². The van der Waals surface area contributed by atoms with E-state index in [0.717, 1.165) is 29.5 Å². The molecule has 2 heteroatoms. The number of aryl methyl sites for hydroxylation is 1. The first-order valence-electron chi connectivity index (χ1n) is 5.62. The lowest BCUT2D eigenvalue weighted by Crippen LogP contribution is -2.17. The number of rotatable bonds is 5. The molecule has 0 saturated carbocycles. The quantitative estimate of drug-likeness (QED) is 0.747. The molecule has 1 rings (SSSR count). The summed E-state index contributed by atoms with van der Waals surface area (Å²) in [5.74, 6) is -0.124. The van der Waals surface area contributed by atoms with Crippen LogP contribution in [-0.2, 0) is 0 Å². The molecule has 1 nitrogen and oxygen atoms in total. The van der Waals surface area contributed by atoms with Crippen LogP contribution < -0.4 is 5.32 Å². The van der Waals surface area contributed by atoms with Crippen molar-refractivity contribution >= 4 is 0 Å². The summed E-state index contributed by atoms with van der Waals surface area (Å²) < 4.78 is 13.7. The van der Waals surface area contributed by atoms with Crippen molar-refractivity contribution in [2.75, 3.05) is 7.05 Å². The molecule has 0 bridgehead atoms. The van der Waals surface area contributed by atoms with Gasteiger partial charge in [-0.3, -0.25) is 0 Å². The van der Waals surface area contributed by atoms with Gasteiger partial charge in [0.25, 0.3) is 0 Å². The molecule has 0 fully saturated rings. The predicted molar refractivity (Wildman–Crippen MR) is 67.0 cm³/mol. The summed E-state index contributed by atoms with van der Waals surface area (Å²) in [4.78, 5) is 0. The minimum atomic E-state index is -0.124. The molecular formula is C14H20FN. The number of hydrogen-bond donors (Lipinski definition) is 1. The van der Waals surface area contributed by atoms with Gasteiger partial charge in [-0.25, -0.2) is 4.39 Å². The number of halogens is 1. The zero-order chi connectivity index (χ0) is 12.1. The van der Waals surface area contributed by atoms with E-state index in [1.54, 1.807) is 6.07 Å². The normalized spacial score (nSPS) is 12.5. The molecule has 88 valence electrons. The molecular weight excluding hydrogens is 201 g/mol. The van der Waals surface area contributed by atoms with Crippen molar-refractivity contribution in [3.05, 3.63) is 47.3 Å². The molecule has 1 atom stereocenters. The minimum Gasteiger partial charge on any atom is -0.313 e. The molecule has 16 heavy (non-hydrogen) atoms. The van der Waals surface area contributed by atoms with Crippen molar-refractivity contribution in [3.63, 3.8) is 0 Å². The average molecular weight is 221 g/mol. The fourth-order valence-electron chi connectivity index (χ4n) is 1.76. The minimum absolute atomic E-state index is 0.0669. The highest BCUT2D eigenvalue weighted by atomic mass is 19.1. The van der Waals surface area contributed by atoms with Crippen LogP contribution in [0.25, 0.3) is 0 Å². The van der Waals surface area contributed by atoms with E-state index in [1.165, 1.54) is 0 Å². The summed E-state index contributed by atoms with van der Waals surface area (Å²) >= 11 is 0. The van der Waals surface area contributed by atoms with Crippen LogP contribution in [0.4, 0.5) is 4.39 Å². The van der Waals surface area contributed by atoms with Crippen molar-refractivity contribution in [1.82, 2.24) is 5.32 Å². The first kappa shape index (κ1) is 12.9. The number of nitrogens with one attached hydrogen (secondary N) is 1. The van der Waals surface area contributed by atoms with Crippen LogP contribution in [0.15, 0.2) is 30.4 Å². The molecule has 1 aromatic carbocycles. The molecule has 0 aliphatic rings. The number of benzene rings is 1. The zero-order valence-corrected chi connectivity index (χ0v) is 10.3. The first-order chi connectivity index (χ1) is 7.54. The second kappa shape index (κ2) is 5.80. The lowest BCUT2D eigenvalue weighted by molar-refractivity contribution is 0.508. The van der Waals surface area contributed by atoms with Gasteiger partial charge < -0.3 is 5.32 Å². The molecule has 0 aromatic heterocycles. The monoisotopic (exact) mass is 221 g/mol. The summed E-state index contributed by atoms with van der Waals surface area (Å²) in [6.45, 7) is 7.77. The Hall–Kier alpha value is -1.15. The van der Waals surface area contributed by atoms with Gasteiger partial charge in [0.1, 0.15) is 5.82 Å². The molecule has 1 aromatic rings. The first-order valence-corrected chi connectivity index (χ1v) is 5.62. The van der Waals surface area contributed by atoms with Gasteiger partial charge in [0, 0.05) is 11.6 Å². The highest BCUT2D eigenvalue weighted by Crippen LogP contribution is 2.23. The Labute approximate surface area is 97.4 Å². The van der Waals surface area contributed by atoms with E-state index in [2.05, 4.69) is 11.9 Å². The van der Waals surface area contributed by atoms with Crippen molar-refractivity contribution < 1.29 is 4.39 Å². The summed E-state index contributed by atoms with van der Waals surface area (Å²) in [5, 5.41) is 3.15. The molecule has 0 amide bonds. The second-order valence-electron chi connectivity index (χ2n) is 4.36. The zero-order valence-electron chi connectivity index (χ0n) is 10.3. The van der Waals surface area contributed by atoms with E-state index in [9.17, 15) is 4.39 Å². The van der Waals surface area contributed by atoms with E-state index in [4.69, 9.17) is 0 Å². The highest BCUT2D eigenvalue weighted by molar-refractivity contribution is 5.26. The molecule has 0 radical (unpaired) electrons. The van der Waals surface area contributed by atoms with Crippen LogP contribution in [0.5, 0.6) is 0 Å². The van der Waals surface area contributed by atoms with Crippen molar-refractivity contribution in [1.29, 1.82) is 0 Å². The van der Waals surface area contributed by atoms with E-state index in [-0.39, 0.29) is 11.9 Å². The van der Waals surface area contributed by atoms with Crippen LogP contribution in [0.1, 0.15) is 36.9 Å². The predicted octanol–water partition coefficient (Wildman–Crippen LogP) is 3.75. The lowest BCUT2D eigenvalue weighted by Gasteiger charge is -2.17. The summed E-state index contributed by atoms with van der Waals surface area (Å²) in [5.41, 5.74) is 2.83.